The Morgan fingerprint density at radius 3 is 2.45 bits per heavy atom. The number of anilines is 1. The summed E-state index contributed by atoms with van der Waals surface area (Å²) in [5.74, 6) is -0.591. The number of hydrogen-bond donors (Lipinski definition) is 2. The summed E-state index contributed by atoms with van der Waals surface area (Å²) in [5.41, 5.74) is 6.89. The molecule has 20 heavy (non-hydrogen) atoms. The summed E-state index contributed by atoms with van der Waals surface area (Å²) in [6.45, 7) is 0.0565. The summed E-state index contributed by atoms with van der Waals surface area (Å²) in [7, 11) is -3.56. The zero-order valence-corrected chi connectivity index (χ0v) is 11.5. The zero-order valence-electron chi connectivity index (χ0n) is 10.7. The standard InChI is InChI=1S/C14H15FN2O2S/c15-13-6-7-14(12(8-13)9-16)17-20(18,19)10-11-4-2-1-3-5-11/h1-8,17H,9-10,16H2. The number of halogens is 1. The van der Waals surface area contributed by atoms with Crippen molar-refractivity contribution in [2.75, 3.05) is 4.72 Å². The van der Waals surface area contributed by atoms with E-state index in [4.69, 9.17) is 5.73 Å². The van der Waals surface area contributed by atoms with Gasteiger partial charge in [-0.2, -0.15) is 0 Å². The van der Waals surface area contributed by atoms with E-state index in [2.05, 4.69) is 4.72 Å². The Morgan fingerprint density at radius 1 is 1.10 bits per heavy atom. The minimum Gasteiger partial charge on any atom is -0.326 e. The van der Waals surface area contributed by atoms with Gasteiger partial charge in [-0.05, 0) is 29.3 Å². The van der Waals surface area contributed by atoms with Crippen LogP contribution in [-0.2, 0) is 22.3 Å². The first-order valence-corrected chi connectivity index (χ1v) is 7.68. The molecular weight excluding hydrogens is 279 g/mol. The van der Waals surface area contributed by atoms with Crippen molar-refractivity contribution in [1.29, 1.82) is 0 Å². The van der Waals surface area contributed by atoms with Gasteiger partial charge in [0.2, 0.25) is 10.0 Å². The summed E-state index contributed by atoms with van der Waals surface area (Å²) < 4.78 is 39.7. The van der Waals surface area contributed by atoms with Crippen LogP contribution in [0.5, 0.6) is 0 Å². The maximum Gasteiger partial charge on any atom is 0.236 e. The second-order valence-electron chi connectivity index (χ2n) is 4.35. The Hall–Kier alpha value is -1.92. The van der Waals surface area contributed by atoms with E-state index in [1.165, 1.54) is 18.2 Å². The summed E-state index contributed by atoms with van der Waals surface area (Å²) >= 11 is 0. The lowest BCUT2D eigenvalue weighted by molar-refractivity contribution is 0.600. The fraction of sp³-hybridized carbons (Fsp3) is 0.143. The molecule has 0 aromatic heterocycles. The molecule has 0 bridgehead atoms. The molecule has 2 aromatic carbocycles. The molecule has 106 valence electrons. The third-order valence-corrected chi connectivity index (χ3v) is 4.00. The summed E-state index contributed by atoms with van der Waals surface area (Å²) in [4.78, 5) is 0. The average molecular weight is 294 g/mol. The van der Waals surface area contributed by atoms with E-state index in [9.17, 15) is 12.8 Å². The van der Waals surface area contributed by atoms with E-state index in [1.54, 1.807) is 24.3 Å². The third-order valence-electron chi connectivity index (χ3n) is 2.75. The van der Waals surface area contributed by atoms with Gasteiger partial charge in [-0.3, -0.25) is 4.72 Å². The first-order chi connectivity index (χ1) is 9.50. The van der Waals surface area contributed by atoms with Gasteiger partial charge in [0, 0.05) is 6.54 Å². The second-order valence-corrected chi connectivity index (χ2v) is 6.07. The Bertz CT molecular complexity index is 688. The lowest BCUT2D eigenvalue weighted by Gasteiger charge is -2.11. The summed E-state index contributed by atoms with van der Waals surface area (Å²) in [5, 5.41) is 0. The van der Waals surface area contributed by atoms with Gasteiger partial charge in [-0.1, -0.05) is 30.3 Å². The summed E-state index contributed by atoms with van der Waals surface area (Å²) in [6.07, 6.45) is 0. The Morgan fingerprint density at radius 2 is 1.80 bits per heavy atom. The molecule has 0 aliphatic carbocycles. The van der Waals surface area contributed by atoms with E-state index in [0.29, 0.717) is 16.8 Å². The van der Waals surface area contributed by atoms with E-state index in [-0.39, 0.29) is 12.3 Å². The van der Waals surface area contributed by atoms with Crippen LogP contribution in [0.1, 0.15) is 11.1 Å². The molecule has 6 heteroatoms. The molecule has 0 unspecified atom stereocenters. The van der Waals surface area contributed by atoms with Crippen LogP contribution >= 0.6 is 0 Å². The van der Waals surface area contributed by atoms with E-state index >= 15 is 0 Å². The maximum atomic E-state index is 13.1. The fourth-order valence-corrected chi connectivity index (χ4v) is 3.07. The van der Waals surface area contributed by atoms with Gasteiger partial charge >= 0.3 is 0 Å². The molecule has 0 spiro atoms. The number of hydrogen-bond acceptors (Lipinski definition) is 3. The van der Waals surface area contributed by atoms with Crippen LogP contribution in [0.2, 0.25) is 0 Å². The zero-order chi connectivity index (χ0) is 14.6. The van der Waals surface area contributed by atoms with Crippen molar-refractivity contribution in [3.63, 3.8) is 0 Å². The van der Waals surface area contributed by atoms with E-state index in [0.717, 1.165) is 0 Å². The number of rotatable bonds is 5. The van der Waals surface area contributed by atoms with E-state index in [1.807, 2.05) is 6.07 Å². The molecule has 3 N–H and O–H groups in total. The highest BCUT2D eigenvalue weighted by molar-refractivity contribution is 7.91. The maximum absolute atomic E-state index is 13.1. The second kappa shape index (κ2) is 6.02. The highest BCUT2D eigenvalue weighted by atomic mass is 32.2. The summed E-state index contributed by atoms with van der Waals surface area (Å²) in [6, 6.07) is 12.6. The van der Waals surface area contributed by atoms with E-state index < -0.39 is 15.8 Å². The van der Waals surface area contributed by atoms with Gasteiger partial charge in [-0.25, -0.2) is 12.8 Å². The minimum atomic E-state index is -3.56. The lowest BCUT2D eigenvalue weighted by Crippen LogP contribution is -2.17. The van der Waals surface area contributed by atoms with Gasteiger partial charge in [0.05, 0.1) is 11.4 Å². The molecule has 0 heterocycles. The largest absolute Gasteiger partial charge is 0.326 e. The van der Waals surface area contributed by atoms with Gasteiger partial charge in [-0.15, -0.1) is 0 Å². The third kappa shape index (κ3) is 3.79. The highest BCUT2D eigenvalue weighted by Gasteiger charge is 2.14. The SMILES string of the molecule is NCc1cc(F)ccc1NS(=O)(=O)Cc1ccccc1. The van der Waals surface area contributed by atoms with Gasteiger partial charge in [0.15, 0.2) is 0 Å². The van der Waals surface area contributed by atoms with Gasteiger partial charge in [0.1, 0.15) is 5.82 Å². The van der Waals surface area contributed by atoms with Crippen LogP contribution in [0.15, 0.2) is 48.5 Å². The molecular formula is C14H15FN2O2S. The fourth-order valence-electron chi connectivity index (χ4n) is 1.83. The van der Waals surface area contributed by atoms with Crippen LogP contribution in [0.25, 0.3) is 0 Å². The van der Waals surface area contributed by atoms with Crippen molar-refractivity contribution in [1.82, 2.24) is 0 Å². The molecule has 0 atom stereocenters. The Labute approximate surface area is 117 Å². The number of sulfonamides is 1. The van der Waals surface area contributed by atoms with Crippen LogP contribution in [0.3, 0.4) is 0 Å². The number of nitrogens with two attached hydrogens (primary N) is 1. The molecule has 0 aliphatic heterocycles. The molecule has 4 nitrogen and oxygen atoms in total. The lowest BCUT2D eigenvalue weighted by atomic mass is 10.2. The first kappa shape index (κ1) is 14.5. The normalized spacial score (nSPS) is 11.3. The molecule has 2 aromatic rings. The first-order valence-electron chi connectivity index (χ1n) is 6.03. The predicted molar refractivity (Wildman–Crippen MR) is 77.0 cm³/mol. The molecule has 0 radical (unpaired) electrons. The van der Waals surface area contributed by atoms with Crippen LogP contribution < -0.4 is 10.5 Å². The van der Waals surface area contributed by atoms with Crippen molar-refractivity contribution in [2.45, 2.75) is 12.3 Å². The van der Waals surface area contributed by atoms with Crippen molar-refractivity contribution < 1.29 is 12.8 Å². The Kier molecular flexibility index (Phi) is 4.36. The molecule has 0 amide bonds. The monoisotopic (exact) mass is 294 g/mol. The minimum absolute atomic E-state index is 0.0565. The topological polar surface area (TPSA) is 72.2 Å². The number of benzene rings is 2. The predicted octanol–water partition coefficient (Wildman–Crippen LogP) is 2.23. The molecule has 0 fully saturated rings. The van der Waals surface area contributed by atoms with Crippen LogP contribution in [0, 0.1) is 5.82 Å². The van der Waals surface area contributed by atoms with Crippen molar-refractivity contribution in [3.05, 3.63) is 65.5 Å². The van der Waals surface area contributed by atoms with Crippen molar-refractivity contribution in [2.24, 2.45) is 5.73 Å². The molecule has 2 rings (SSSR count). The van der Waals surface area contributed by atoms with Crippen molar-refractivity contribution in [3.8, 4) is 0 Å². The average Bonchev–Trinajstić information content (AvgIpc) is 2.41. The molecule has 0 aliphatic rings. The number of nitrogens with one attached hydrogen (secondary N) is 1. The molecule has 0 saturated heterocycles. The highest BCUT2D eigenvalue weighted by Crippen LogP contribution is 2.19. The quantitative estimate of drug-likeness (QED) is 0.888. The van der Waals surface area contributed by atoms with Gasteiger partial charge in [0.25, 0.3) is 0 Å². The smallest absolute Gasteiger partial charge is 0.236 e. The van der Waals surface area contributed by atoms with Crippen LogP contribution in [-0.4, -0.2) is 8.42 Å². The van der Waals surface area contributed by atoms with Gasteiger partial charge < -0.3 is 5.73 Å². The Balaban J connectivity index is 2.20. The molecule has 0 saturated carbocycles. The van der Waals surface area contributed by atoms with Crippen molar-refractivity contribution >= 4 is 15.7 Å². The van der Waals surface area contributed by atoms with Crippen LogP contribution in [0.4, 0.5) is 10.1 Å².